The maximum Gasteiger partial charge on any atom is 0.315 e. The van der Waals surface area contributed by atoms with E-state index in [9.17, 15) is 19.7 Å². The van der Waals surface area contributed by atoms with Crippen LogP contribution in [0.25, 0.3) is 0 Å². The smallest absolute Gasteiger partial charge is 0.315 e. The zero-order valence-corrected chi connectivity index (χ0v) is 13.9. The molecule has 7 nitrogen and oxygen atoms in total. The predicted molar refractivity (Wildman–Crippen MR) is 84.6 cm³/mol. The lowest BCUT2D eigenvalue weighted by Gasteiger charge is -2.12. The Morgan fingerprint density at radius 1 is 1.43 bits per heavy atom. The van der Waals surface area contributed by atoms with Crippen molar-refractivity contribution >= 4 is 46.5 Å². The van der Waals surface area contributed by atoms with Gasteiger partial charge in [-0.15, -0.1) is 23.2 Å². The van der Waals surface area contributed by atoms with E-state index >= 15 is 0 Å². The maximum atomic E-state index is 11.9. The third-order valence-electron chi connectivity index (χ3n) is 3.75. The van der Waals surface area contributed by atoms with Crippen LogP contribution in [0.2, 0.25) is 0 Å². The fraction of sp³-hybridized carbons (Fsp3) is 0.429. The molecule has 1 aromatic carbocycles. The van der Waals surface area contributed by atoms with Gasteiger partial charge < -0.3 is 10.1 Å². The van der Waals surface area contributed by atoms with Crippen molar-refractivity contribution in [3.8, 4) is 0 Å². The molecule has 124 valence electrons. The van der Waals surface area contributed by atoms with E-state index in [1.165, 1.54) is 12.1 Å². The van der Waals surface area contributed by atoms with Gasteiger partial charge in [-0.2, -0.15) is 0 Å². The number of aryl methyl sites for hydroxylation is 1. The Hall–Kier alpha value is -1.86. The first-order valence-corrected chi connectivity index (χ1v) is 7.43. The van der Waals surface area contributed by atoms with Gasteiger partial charge in [-0.05, 0) is 19.4 Å². The number of para-hydroxylation sites is 1. The van der Waals surface area contributed by atoms with Crippen molar-refractivity contribution in [2.45, 2.75) is 24.6 Å². The van der Waals surface area contributed by atoms with E-state index in [0.717, 1.165) is 0 Å². The molecule has 0 aromatic heterocycles. The number of amides is 1. The molecule has 9 heteroatoms. The van der Waals surface area contributed by atoms with Crippen molar-refractivity contribution in [1.82, 2.24) is 0 Å². The van der Waals surface area contributed by atoms with Crippen LogP contribution in [-0.4, -0.2) is 27.7 Å². The van der Waals surface area contributed by atoms with Gasteiger partial charge in [0.15, 0.2) is 6.61 Å². The molecule has 1 saturated carbocycles. The van der Waals surface area contributed by atoms with Gasteiger partial charge in [-0.25, -0.2) is 0 Å². The highest BCUT2D eigenvalue weighted by atomic mass is 35.5. The lowest BCUT2D eigenvalue weighted by Crippen LogP contribution is -2.27. The number of ether oxygens (including phenoxy) is 1. The fourth-order valence-corrected chi connectivity index (χ4v) is 2.74. The number of halogens is 2. The van der Waals surface area contributed by atoms with E-state index < -0.39 is 33.2 Å². The zero-order valence-electron chi connectivity index (χ0n) is 12.4. The molecule has 1 aliphatic rings. The molecule has 1 atom stereocenters. The molecule has 23 heavy (non-hydrogen) atoms. The second kappa shape index (κ2) is 5.98. The molecule has 1 fully saturated rings. The van der Waals surface area contributed by atoms with Crippen molar-refractivity contribution in [1.29, 1.82) is 0 Å². The number of nitrogens with one attached hydrogen (secondary N) is 1. The summed E-state index contributed by atoms with van der Waals surface area (Å²) in [6.45, 7) is 2.58. The number of carbonyl (C=O) groups excluding carboxylic acids is 2. The van der Waals surface area contributed by atoms with Crippen molar-refractivity contribution in [3.63, 3.8) is 0 Å². The van der Waals surface area contributed by atoms with E-state index in [1.54, 1.807) is 19.9 Å². The summed E-state index contributed by atoms with van der Waals surface area (Å²) in [6.07, 6.45) is 0.243. The number of nitrogens with zero attached hydrogens (tertiary/aromatic N) is 1. The number of hydrogen-bond donors (Lipinski definition) is 1. The number of benzene rings is 1. The van der Waals surface area contributed by atoms with E-state index in [2.05, 4.69) is 5.32 Å². The minimum absolute atomic E-state index is 0.0696. The minimum atomic E-state index is -1.19. The topological polar surface area (TPSA) is 98.5 Å². The van der Waals surface area contributed by atoms with Crippen LogP contribution in [0.4, 0.5) is 11.4 Å². The second-order valence-corrected chi connectivity index (χ2v) is 7.05. The quantitative estimate of drug-likeness (QED) is 0.376. The summed E-state index contributed by atoms with van der Waals surface area (Å²) >= 11 is 11.7. The highest BCUT2D eigenvalue weighted by molar-refractivity contribution is 6.53. The summed E-state index contributed by atoms with van der Waals surface area (Å²) < 4.78 is 3.70. The van der Waals surface area contributed by atoms with E-state index in [0.29, 0.717) is 5.56 Å². The van der Waals surface area contributed by atoms with Crippen molar-refractivity contribution in [2.75, 3.05) is 11.9 Å². The standard InChI is InChI=1S/C14H14Cl2N2O5/c1-8-4-3-5-9(18(21)22)11(8)17-10(19)6-23-12(20)13(2)7-14(13,15)16/h3-5H,6-7H2,1-2H3,(H,17,19)/t13-/m0/s1. The average molecular weight is 361 g/mol. The molecule has 0 saturated heterocycles. The number of carbonyl (C=O) groups is 2. The molecule has 1 aromatic rings. The Kier molecular flexibility index (Phi) is 4.54. The van der Waals surface area contributed by atoms with Gasteiger partial charge in [0.2, 0.25) is 0 Å². The molecule has 1 N–H and O–H groups in total. The Morgan fingerprint density at radius 3 is 2.57 bits per heavy atom. The minimum Gasteiger partial charge on any atom is -0.455 e. The average Bonchev–Trinajstić information content (AvgIpc) is 2.98. The molecule has 1 amide bonds. The van der Waals surface area contributed by atoms with E-state index in [-0.39, 0.29) is 17.8 Å². The normalized spacial score (nSPS) is 21.4. The molecular formula is C14H14Cl2N2O5. The van der Waals surface area contributed by atoms with Crippen LogP contribution in [0, 0.1) is 22.5 Å². The van der Waals surface area contributed by atoms with Gasteiger partial charge in [0.05, 0.1) is 4.92 Å². The molecule has 1 aliphatic carbocycles. The van der Waals surface area contributed by atoms with Gasteiger partial charge >= 0.3 is 5.97 Å². The summed E-state index contributed by atoms with van der Waals surface area (Å²) in [7, 11) is 0. The third-order valence-corrected chi connectivity index (χ3v) is 4.86. The van der Waals surface area contributed by atoms with Gasteiger partial charge in [0.1, 0.15) is 15.4 Å². The van der Waals surface area contributed by atoms with Gasteiger partial charge in [-0.3, -0.25) is 19.7 Å². The first-order valence-electron chi connectivity index (χ1n) is 6.67. The number of alkyl halides is 2. The maximum absolute atomic E-state index is 11.9. The van der Waals surface area contributed by atoms with Crippen LogP contribution in [0.3, 0.4) is 0 Å². The summed E-state index contributed by atoms with van der Waals surface area (Å²) in [5, 5.41) is 13.4. The van der Waals surface area contributed by atoms with Crippen molar-refractivity contribution < 1.29 is 19.2 Å². The van der Waals surface area contributed by atoms with Crippen LogP contribution in [0.15, 0.2) is 18.2 Å². The number of anilines is 1. The summed E-state index contributed by atoms with van der Waals surface area (Å²) in [5.74, 6) is -1.37. The van der Waals surface area contributed by atoms with E-state index in [4.69, 9.17) is 27.9 Å². The fourth-order valence-electron chi connectivity index (χ4n) is 2.05. The largest absolute Gasteiger partial charge is 0.455 e. The number of nitro groups is 1. The van der Waals surface area contributed by atoms with Crippen LogP contribution in [0.5, 0.6) is 0 Å². The molecule has 0 spiro atoms. The van der Waals surface area contributed by atoms with Gasteiger partial charge in [-0.1, -0.05) is 12.1 Å². The molecule has 2 rings (SSSR count). The molecule has 0 unspecified atom stereocenters. The first-order chi connectivity index (χ1) is 10.6. The highest BCUT2D eigenvalue weighted by Crippen LogP contribution is 2.64. The Bertz CT molecular complexity index is 692. The molecule has 0 aliphatic heterocycles. The summed E-state index contributed by atoms with van der Waals surface area (Å²) in [4.78, 5) is 34.1. The predicted octanol–water partition coefficient (Wildman–Crippen LogP) is 2.97. The van der Waals surface area contributed by atoms with Crippen LogP contribution < -0.4 is 5.32 Å². The van der Waals surface area contributed by atoms with Crippen LogP contribution in [0.1, 0.15) is 18.9 Å². The van der Waals surface area contributed by atoms with Crippen LogP contribution in [-0.2, 0) is 14.3 Å². The highest BCUT2D eigenvalue weighted by Gasteiger charge is 2.69. The van der Waals surface area contributed by atoms with Crippen molar-refractivity contribution in [2.24, 2.45) is 5.41 Å². The summed E-state index contributed by atoms with van der Waals surface area (Å²) in [5.41, 5.74) is -0.682. The number of hydrogen-bond acceptors (Lipinski definition) is 5. The zero-order chi connectivity index (χ0) is 17.4. The number of rotatable bonds is 5. The van der Waals surface area contributed by atoms with Crippen molar-refractivity contribution in [3.05, 3.63) is 33.9 Å². The SMILES string of the molecule is Cc1cccc([N+](=O)[O-])c1NC(=O)COC(=O)[C@]1(C)CC1(Cl)Cl. The monoisotopic (exact) mass is 360 g/mol. The Morgan fingerprint density at radius 2 is 2.04 bits per heavy atom. The molecule has 0 heterocycles. The van der Waals surface area contributed by atoms with Gasteiger partial charge in [0, 0.05) is 12.5 Å². The van der Waals surface area contributed by atoms with Crippen LogP contribution >= 0.6 is 23.2 Å². The lowest BCUT2D eigenvalue weighted by atomic mass is 10.1. The molecule has 0 radical (unpaired) electrons. The van der Waals surface area contributed by atoms with E-state index in [1.807, 2.05) is 0 Å². The Labute approximate surface area is 142 Å². The first kappa shape index (κ1) is 17.5. The third kappa shape index (κ3) is 3.40. The summed E-state index contributed by atoms with van der Waals surface area (Å²) in [6, 6.07) is 4.40. The molecule has 0 bridgehead atoms. The number of esters is 1. The second-order valence-electron chi connectivity index (χ2n) is 5.56. The Balaban J connectivity index is 1.99. The molecular weight excluding hydrogens is 347 g/mol. The number of nitro benzene ring substituents is 1. The van der Waals surface area contributed by atoms with Gasteiger partial charge in [0.25, 0.3) is 11.6 Å². The lowest BCUT2D eigenvalue weighted by molar-refractivity contribution is -0.384.